The lowest BCUT2D eigenvalue weighted by Gasteiger charge is -2.13. The Labute approximate surface area is 70.0 Å². The third-order valence-electron chi connectivity index (χ3n) is 1.13. The van der Waals surface area contributed by atoms with Crippen molar-refractivity contribution in [1.29, 1.82) is 0 Å². The molecule has 0 bridgehead atoms. The number of nitrogens with zero attached hydrogens (tertiary/aromatic N) is 1. The van der Waals surface area contributed by atoms with Gasteiger partial charge in [-0.3, -0.25) is 9.69 Å². The summed E-state index contributed by atoms with van der Waals surface area (Å²) in [5.74, 6) is -0.782. The smallest absolute Gasteiger partial charge is 0.480 e. The van der Waals surface area contributed by atoms with Crippen LogP contribution >= 0.6 is 0 Å². The third kappa shape index (κ3) is 11.5. The number of carboxylic acids is 1. The molecule has 0 aromatic heterocycles. The predicted octanol–water partition coefficient (Wildman–Crippen LogP) is 0.244. The SMILES string of the molecule is CC(C(=O)O)N(C)C.O=C(O)O. The van der Waals surface area contributed by atoms with E-state index in [1.165, 1.54) is 0 Å². The van der Waals surface area contributed by atoms with Crippen molar-refractivity contribution in [2.75, 3.05) is 14.1 Å². The van der Waals surface area contributed by atoms with Crippen LogP contribution in [0, 0.1) is 0 Å². The molecule has 0 saturated heterocycles. The van der Waals surface area contributed by atoms with E-state index >= 15 is 0 Å². The minimum atomic E-state index is -1.83. The molecular formula is C6H13NO5. The van der Waals surface area contributed by atoms with E-state index in [1.54, 1.807) is 25.9 Å². The molecule has 6 heteroatoms. The highest BCUT2D eigenvalue weighted by Gasteiger charge is 2.11. The Morgan fingerprint density at radius 2 is 1.42 bits per heavy atom. The fourth-order valence-corrected chi connectivity index (χ4v) is 0.221. The van der Waals surface area contributed by atoms with Gasteiger partial charge < -0.3 is 15.3 Å². The van der Waals surface area contributed by atoms with E-state index in [4.69, 9.17) is 20.1 Å². The van der Waals surface area contributed by atoms with Gasteiger partial charge in [0.05, 0.1) is 0 Å². The first-order chi connectivity index (χ1) is 5.29. The molecule has 0 amide bonds. The molecule has 72 valence electrons. The number of hydrogen-bond acceptors (Lipinski definition) is 3. The van der Waals surface area contributed by atoms with E-state index < -0.39 is 12.1 Å². The van der Waals surface area contributed by atoms with Crippen LogP contribution in [0.1, 0.15) is 6.92 Å². The first-order valence-corrected chi connectivity index (χ1v) is 3.10. The summed E-state index contributed by atoms with van der Waals surface area (Å²) in [5.41, 5.74) is 0. The molecule has 0 fully saturated rings. The van der Waals surface area contributed by atoms with Gasteiger partial charge in [0.15, 0.2) is 0 Å². The van der Waals surface area contributed by atoms with Crippen LogP contribution in [-0.4, -0.2) is 52.5 Å². The zero-order chi connectivity index (χ0) is 10.3. The van der Waals surface area contributed by atoms with E-state index in [0.29, 0.717) is 0 Å². The Hall–Kier alpha value is -1.30. The zero-order valence-electron chi connectivity index (χ0n) is 7.18. The monoisotopic (exact) mass is 179 g/mol. The third-order valence-corrected chi connectivity index (χ3v) is 1.13. The van der Waals surface area contributed by atoms with E-state index in [2.05, 4.69) is 0 Å². The Balaban J connectivity index is 0. The number of aliphatic carboxylic acids is 1. The lowest BCUT2D eigenvalue weighted by atomic mass is 10.3. The predicted molar refractivity (Wildman–Crippen MR) is 41.4 cm³/mol. The molecule has 0 spiro atoms. The minimum Gasteiger partial charge on any atom is -0.480 e. The van der Waals surface area contributed by atoms with E-state index in [0.717, 1.165) is 0 Å². The molecule has 0 aromatic rings. The maximum atomic E-state index is 10.1. The minimum absolute atomic E-state index is 0.380. The number of carbonyl (C=O) groups is 2. The van der Waals surface area contributed by atoms with E-state index in [-0.39, 0.29) is 6.04 Å². The van der Waals surface area contributed by atoms with Gasteiger partial charge in [-0.2, -0.15) is 0 Å². The molecule has 0 radical (unpaired) electrons. The lowest BCUT2D eigenvalue weighted by Crippen LogP contribution is -2.32. The van der Waals surface area contributed by atoms with Crippen molar-refractivity contribution >= 4 is 12.1 Å². The molecule has 0 aliphatic heterocycles. The molecule has 0 aliphatic rings. The number of rotatable bonds is 2. The van der Waals surface area contributed by atoms with Gasteiger partial charge in [0.1, 0.15) is 6.04 Å². The first-order valence-electron chi connectivity index (χ1n) is 3.10. The van der Waals surface area contributed by atoms with Crippen LogP contribution in [0.25, 0.3) is 0 Å². The van der Waals surface area contributed by atoms with Crippen molar-refractivity contribution in [2.45, 2.75) is 13.0 Å². The molecule has 1 atom stereocenters. The van der Waals surface area contributed by atoms with Crippen molar-refractivity contribution in [3.05, 3.63) is 0 Å². The maximum absolute atomic E-state index is 10.1. The van der Waals surface area contributed by atoms with Crippen LogP contribution in [0.4, 0.5) is 4.79 Å². The molecule has 12 heavy (non-hydrogen) atoms. The molecule has 0 heterocycles. The standard InChI is InChI=1S/C5H11NO2.CH2O3/c1-4(5(7)8)6(2)3;2-1(3)4/h4H,1-3H3,(H,7,8);(H2,2,3,4). The van der Waals surface area contributed by atoms with Gasteiger partial charge in [-0.15, -0.1) is 0 Å². The van der Waals surface area contributed by atoms with E-state index in [1.807, 2.05) is 0 Å². The second-order valence-corrected chi connectivity index (χ2v) is 2.26. The number of hydrogen-bond donors (Lipinski definition) is 3. The van der Waals surface area contributed by atoms with E-state index in [9.17, 15) is 4.79 Å². The fourth-order valence-electron chi connectivity index (χ4n) is 0.221. The van der Waals surface area contributed by atoms with Crippen LogP contribution < -0.4 is 0 Å². The summed E-state index contributed by atoms with van der Waals surface area (Å²) in [6, 6.07) is -0.380. The Kier molecular flexibility index (Phi) is 7.11. The summed E-state index contributed by atoms with van der Waals surface area (Å²) in [6.45, 7) is 1.64. The van der Waals surface area contributed by atoms with Crippen LogP contribution in [0.3, 0.4) is 0 Å². The second kappa shape index (κ2) is 6.41. The summed E-state index contributed by atoms with van der Waals surface area (Å²) in [5, 5.41) is 22.3. The lowest BCUT2D eigenvalue weighted by molar-refractivity contribution is -0.141. The average Bonchev–Trinajstić information content (AvgIpc) is 1.84. The van der Waals surface area contributed by atoms with Crippen LogP contribution in [0.15, 0.2) is 0 Å². The van der Waals surface area contributed by atoms with Gasteiger partial charge in [-0.25, -0.2) is 4.79 Å². The first kappa shape index (κ1) is 13.3. The fraction of sp³-hybridized carbons (Fsp3) is 0.667. The second-order valence-electron chi connectivity index (χ2n) is 2.26. The Bertz CT molecular complexity index is 152. The van der Waals surface area contributed by atoms with Crippen molar-refractivity contribution < 1.29 is 24.9 Å². The zero-order valence-corrected chi connectivity index (χ0v) is 7.18. The highest BCUT2D eigenvalue weighted by atomic mass is 16.6. The van der Waals surface area contributed by atoms with Crippen LogP contribution in [0.5, 0.6) is 0 Å². The van der Waals surface area contributed by atoms with Crippen molar-refractivity contribution in [2.24, 2.45) is 0 Å². The molecule has 0 aliphatic carbocycles. The molecule has 6 nitrogen and oxygen atoms in total. The van der Waals surface area contributed by atoms with Crippen molar-refractivity contribution in [3.8, 4) is 0 Å². The van der Waals surface area contributed by atoms with Crippen LogP contribution in [0.2, 0.25) is 0 Å². The highest BCUT2D eigenvalue weighted by Crippen LogP contribution is 1.88. The number of carboxylic acid groups (broad SMARTS) is 3. The van der Waals surface area contributed by atoms with Gasteiger partial charge in [0.2, 0.25) is 0 Å². The largest absolute Gasteiger partial charge is 0.503 e. The summed E-state index contributed by atoms with van der Waals surface area (Å²) < 4.78 is 0. The van der Waals surface area contributed by atoms with Gasteiger partial charge in [0.25, 0.3) is 0 Å². The highest BCUT2D eigenvalue weighted by molar-refractivity contribution is 5.72. The van der Waals surface area contributed by atoms with Crippen molar-refractivity contribution in [3.63, 3.8) is 0 Å². The molecule has 0 rings (SSSR count). The van der Waals surface area contributed by atoms with Crippen molar-refractivity contribution in [1.82, 2.24) is 4.90 Å². The Morgan fingerprint density at radius 3 is 1.42 bits per heavy atom. The van der Waals surface area contributed by atoms with Gasteiger partial charge in [-0.1, -0.05) is 0 Å². The molecular weight excluding hydrogens is 166 g/mol. The summed E-state index contributed by atoms with van der Waals surface area (Å²) in [4.78, 5) is 20.3. The summed E-state index contributed by atoms with van der Waals surface area (Å²) >= 11 is 0. The topological polar surface area (TPSA) is 98.1 Å². The quantitative estimate of drug-likeness (QED) is 0.561. The summed E-state index contributed by atoms with van der Waals surface area (Å²) in [7, 11) is 3.47. The number of likely N-dealkylation sites (N-methyl/N-ethyl adjacent to an activating group) is 1. The summed E-state index contributed by atoms with van der Waals surface area (Å²) in [6.07, 6.45) is -1.83. The molecule has 0 saturated carbocycles. The van der Waals surface area contributed by atoms with Gasteiger partial charge >= 0.3 is 12.1 Å². The molecule has 1 unspecified atom stereocenters. The average molecular weight is 179 g/mol. The Morgan fingerprint density at radius 1 is 1.17 bits per heavy atom. The molecule has 0 aromatic carbocycles. The van der Waals surface area contributed by atoms with Gasteiger partial charge in [-0.05, 0) is 21.0 Å². The normalized spacial score (nSPS) is 11.3. The van der Waals surface area contributed by atoms with Gasteiger partial charge in [0, 0.05) is 0 Å². The van der Waals surface area contributed by atoms with Crippen LogP contribution in [-0.2, 0) is 4.79 Å². The molecule has 3 N–H and O–H groups in total. The maximum Gasteiger partial charge on any atom is 0.503 e.